The van der Waals surface area contributed by atoms with Gasteiger partial charge in [0.2, 0.25) is 5.91 Å². The normalized spacial score (nSPS) is 15.3. The topological polar surface area (TPSA) is 32.8 Å². The number of amides is 1. The van der Waals surface area contributed by atoms with Gasteiger partial charge in [0.15, 0.2) is 0 Å². The van der Waals surface area contributed by atoms with Crippen LogP contribution in [0.4, 0.5) is 0 Å². The van der Waals surface area contributed by atoms with E-state index in [0.717, 1.165) is 44.0 Å². The monoisotopic (exact) mass is 350 g/mol. The van der Waals surface area contributed by atoms with Crippen molar-refractivity contribution in [3.05, 3.63) is 71.8 Å². The minimum absolute atomic E-state index is 0.0817. The van der Waals surface area contributed by atoms with Crippen LogP contribution < -0.4 is 4.74 Å². The molecule has 0 saturated carbocycles. The van der Waals surface area contributed by atoms with Crippen molar-refractivity contribution in [1.82, 2.24) is 9.80 Å². The summed E-state index contributed by atoms with van der Waals surface area (Å²) in [5.41, 5.74) is 2.33. The highest BCUT2D eigenvalue weighted by Crippen LogP contribution is 2.14. The number of rotatable bonds is 6. The molecule has 26 heavy (non-hydrogen) atoms. The lowest BCUT2D eigenvalue weighted by Gasteiger charge is -2.34. The lowest BCUT2D eigenvalue weighted by atomic mass is 10.2. The fourth-order valence-corrected chi connectivity index (χ4v) is 3.08. The van der Waals surface area contributed by atoms with E-state index in [1.165, 1.54) is 5.56 Å². The summed E-state index contributed by atoms with van der Waals surface area (Å²) in [4.78, 5) is 16.7. The molecular weight excluding hydrogens is 324 g/mol. The predicted octanol–water partition coefficient (Wildman–Crippen LogP) is 3.44. The second-order valence-electron chi connectivity index (χ2n) is 6.42. The lowest BCUT2D eigenvalue weighted by molar-refractivity contribution is -0.127. The van der Waals surface area contributed by atoms with Crippen LogP contribution in [0.5, 0.6) is 5.75 Å². The number of carbonyl (C=O) groups is 1. The van der Waals surface area contributed by atoms with Gasteiger partial charge >= 0.3 is 0 Å². The molecule has 4 nitrogen and oxygen atoms in total. The SMILES string of the molecule is CCOc1ccc(/C=C/C(=O)N2CCN(Cc3ccccc3)CC2)cc1. The van der Waals surface area contributed by atoms with E-state index < -0.39 is 0 Å². The van der Waals surface area contributed by atoms with E-state index >= 15 is 0 Å². The number of hydrogen-bond acceptors (Lipinski definition) is 3. The Labute approximate surface area is 155 Å². The molecule has 0 atom stereocenters. The van der Waals surface area contributed by atoms with Crippen LogP contribution in [0, 0.1) is 0 Å². The zero-order valence-electron chi connectivity index (χ0n) is 15.3. The molecule has 136 valence electrons. The van der Waals surface area contributed by atoms with Crippen LogP contribution >= 0.6 is 0 Å². The van der Waals surface area contributed by atoms with Crippen molar-refractivity contribution >= 4 is 12.0 Å². The van der Waals surface area contributed by atoms with Crippen LogP contribution in [0.15, 0.2) is 60.7 Å². The van der Waals surface area contributed by atoms with E-state index in [-0.39, 0.29) is 5.91 Å². The van der Waals surface area contributed by atoms with Gasteiger partial charge in [-0.25, -0.2) is 0 Å². The highest BCUT2D eigenvalue weighted by atomic mass is 16.5. The van der Waals surface area contributed by atoms with Gasteiger partial charge in [0, 0.05) is 38.8 Å². The summed E-state index contributed by atoms with van der Waals surface area (Å²) in [5, 5.41) is 0. The highest BCUT2D eigenvalue weighted by Gasteiger charge is 2.19. The maximum Gasteiger partial charge on any atom is 0.246 e. The molecule has 1 heterocycles. The van der Waals surface area contributed by atoms with Crippen LogP contribution in [0.25, 0.3) is 6.08 Å². The molecule has 3 rings (SSSR count). The Morgan fingerprint density at radius 1 is 1.00 bits per heavy atom. The average molecular weight is 350 g/mol. The molecule has 2 aromatic rings. The molecule has 2 aromatic carbocycles. The molecule has 1 amide bonds. The summed E-state index contributed by atoms with van der Waals surface area (Å²) in [6, 6.07) is 18.3. The molecule has 0 aromatic heterocycles. The van der Waals surface area contributed by atoms with Crippen molar-refractivity contribution in [3.8, 4) is 5.75 Å². The minimum Gasteiger partial charge on any atom is -0.494 e. The number of ether oxygens (including phenoxy) is 1. The summed E-state index contributed by atoms with van der Waals surface area (Å²) in [5.74, 6) is 0.934. The molecule has 0 bridgehead atoms. The van der Waals surface area contributed by atoms with Crippen molar-refractivity contribution in [1.29, 1.82) is 0 Å². The molecule has 0 aliphatic carbocycles. The first-order valence-corrected chi connectivity index (χ1v) is 9.21. The van der Waals surface area contributed by atoms with Crippen LogP contribution in [0.2, 0.25) is 0 Å². The Morgan fingerprint density at radius 2 is 1.69 bits per heavy atom. The van der Waals surface area contributed by atoms with E-state index in [2.05, 4.69) is 29.2 Å². The Balaban J connectivity index is 1.47. The van der Waals surface area contributed by atoms with E-state index in [0.29, 0.717) is 6.61 Å². The highest BCUT2D eigenvalue weighted by molar-refractivity contribution is 5.91. The first-order valence-electron chi connectivity index (χ1n) is 9.21. The van der Waals surface area contributed by atoms with Gasteiger partial charge in [-0.1, -0.05) is 42.5 Å². The Hall–Kier alpha value is -2.59. The molecular formula is C22H26N2O2. The number of piperazine rings is 1. The third-order valence-corrected chi connectivity index (χ3v) is 4.54. The molecule has 0 spiro atoms. The first kappa shape index (κ1) is 18.2. The fraction of sp³-hybridized carbons (Fsp3) is 0.318. The Kier molecular flexibility index (Phi) is 6.45. The number of benzene rings is 2. The van der Waals surface area contributed by atoms with Crippen LogP contribution in [-0.4, -0.2) is 48.5 Å². The zero-order valence-corrected chi connectivity index (χ0v) is 15.3. The van der Waals surface area contributed by atoms with Crippen LogP contribution in [0.3, 0.4) is 0 Å². The lowest BCUT2D eigenvalue weighted by Crippen LogP contribution is -2.47. The molecule has 0 unspecified atom stereocenters. The van der Waals surface area contributed by atoms with E-state index in [1.54, 1.807) is 6.08 Å². The molecule has 0 radical (unpaired) electrons. The molecule has 1 aliphatic rings. The standard InChI is InChI=1S/C22H26N2O2/c1-2-26-21-11-8-19(9-12-21)10-13-22(25)24-16-14-23(15-17-24)18-20-6-4-3-5-7-20/h3-13H,2,14-18H2,1H3/b13-10+. The van der Waals surface area contributed by atoms with Crippen LogP contribution in [-0.2, 0) is 11.3 Å². The van der Waals surface area contributed by atoms with Gasteiger partial charge < -0.3 is 9.64 Å². The number of hydrogen-bond donors (Lipinski definition) is 0. The fourth-order valence-electron chi connectivity index (χ4n) is 3.08. The summed E-state index contributed by atoms with van der Waals surface area (Å²) in [6.07, 6.45) is 3.54. The molecule has 1 fully saturated rings. The smallest absolute Gasteiger partial charge is 0.246 e. The molecule has 1 aliphatic heterocycles. The summed E-state index contributed by atoms with van der Waals surface area (Å²) >= 11 is 0. The Morgan fingerprint density at radius 3 is 2.35 bits per heavy atom. The van der Waals surface area contributed by atoms with Crippen molar-refractivity contribution in [3.63, 3.8) is 0 Å². The third kappa shape index (κ3) is 5.20. The summed E-state index contributed by atoms with van der Waals surface area (Å²) in [7, 11) is 0. The van der Waals surface area contributed by atoms with Gasteiger partial charge in [-0.15, -0.1) is 0 Å². The first-order chi connectivity index (χ1) is 12.7. The maximum absolute atomic E-state index is 12.4. The summed E-state index contributed by atoms with van der Waals surface area (Å²) in [6.45, 7) is 6.95. The second kappa shape index (κ2) is 9.20. The van der Waals surface area contributed by atoms with E-state index in [4.69, 9.17) is 4.74 Å². The van der Waals surface area contributed by atoms with Gasteiger partial charge in [-0.05, 0) is 36.3 Å². The van der Waals surface area contributed by atoms with E-state index in [9.17, 15) is 4.79 Å². The minimum atomic E-state index is 0.0817. The molecule has 1 saturated heterocycles. The van der Waals surface area contributed by atoms with Gasteiger partial charge in [-0.2, -0.15) is 0 Å². The van der Waals surface area contributed by atoms with Crippen molar-refractivity contribution < 1.29 is 9.53 Å². The number of carbonyl (C=O) groups excluding carboxylic acids is 1. The quantitative estimate of drug-likeness (QED) is 0.748. The van der Waals surface area contributed by atoms with Crippen molar-refractivity contribution in [2.45, 2.75) is 13.5 Å². The Bertz CT molecular complexity index is 718. The zero-order chi connectivity index (χ0) is 18.2. The van der Waals surface area contributed by atoms with Gasteiger partial charge in [-0.3, -0.25) is 9.69 Å². The number of nitrogens with zero attached hydrogens (tertiary/aromatic N) is 2. The van der Waals surface area contributed by atoms with Gasteiger partial charge in [0.25, 0.3) is 0 Å². The predicted molar refractivity (Wildman–Crippen MR) is 105 cm³/mol. The molecule has 0 N–H and O–H groups in total. The van der Waals surface area contributed by atoms with E-state index in [1.807, 2.05) is 48.2 Å². The largest absolute Gasteiger partial charge is 0.494 e. The van der Waals surface area contributed by atoms with Gasteiger partial charge in [0.1, 0.15) is 5.75 Å². The van der Waals surface area contributed by atoms with Gasteiger partial charge in [0.05, 0.1) is 6.61 Å². The average Bonchev–Trinajstić information content (AvgIpc) is 2.69. The molecule has 4 heteroatoms. The van der Waals surface area contributed by atoms with Crippen LogP contribution in [0.1, 0.15) is 18.1 Å². The maximum atomic E-state index is 12.4. The van der Waals surface area contributed by atoms with Crippen molar-refractivity contribution in [2.24, 2.45) is 0 Å². The second-order valence-corrected chi connectivity index (χ2v) is 6.42. The van der Waals surface area contributed by atoms with Crippen molar-refractivity contribution in [2.75, 3.05) is 32.8 Å². The summed E-state index contributed by atoms with van der Waals surface area (Å²) < 4.78 is 5.43. The third-order valence-electron chi connectivity index (χ3n) is 4.54.